The van der Waals surface area contributed by atoms with Gasteiger partial charge >= 0.3 is 0 Å². The summed E-state index contributed by atoms with van der Waals surface area (Å²) in [6.07, 6.45) is 0. The summed E-state index contributed by atoms with van der Waals surface area (Å²) in [5, 5.41) is 19.7. The van der Waals surface area contributed by atoms with Crippen molar-refractivity contribution in [1.82, 2.24) is 0 Å². The fraction of sp³-hybridized carbons (Fsp3) is 0.250. The van der Waals surface area contributed by atoms with Crippen LogP contribution < -0.4 is 0 Å². The molecule has 4 nitrogen and oxygen atoms in total. The van der Waals surface area contributed by atoms with Crippen LogP contribution in [0.1, 0.15) is 11.1 Å². The van der Waals surface area contributed by atoms with Crippen molar-refractivity contribution in [2.45, 2.75) is 13.5 Å². The van der Waals surface area contributed by atoms with Crippen LogP contribution in [-0.4, -0.2) is 10.0 Å². The van der Waals surface area contributed by atoms with E-state index in [1.165, 1.54) is 12.1 Å². The zero-order valence-electron chi connectivity index (χ0n) is 6.95. The number of aliphatic hydroxyl groups excluding tert-OH is 1. The highest BCUT2D eigenvalue weighted by atomic mass is 35.5. The van der Waals surface area contributed by atoms with Crippen molar-refractivity contribution in [3.05, 3.63) is 38.4 Å². The summed E-state index contributed by atoms with van der Waals surface area (Å²) in [6, 6.07) is 2.77. The molecule has 0 saturated heterocycles. The van der Waals surface area contributed by atoms with Crippen LogP contribution in [0.2, 0.25) is 5.02 Å². The Bertz CT molecular complexity index is 351. The van der Waals surface area contributed by atoms with E-state index in [1.54, 1.807) is 6.92 Å². The Balaban J connectivity index is 3.33. The number of hydrogen-bond acceptors (Lipinski definition) is 3. The molecule has 0 aliphatic rings. The minimum atomic E-state index is -0.559. The van der Waals surface area contributed by atoms with Gasteiger partial charge in [0.25, 0.3) is 5.69 Å². The van der Waals surface area contributed by atoms with E-state index in [1.807, 2.05) is 0 Å². The van der Waals surface area contributed by atoms with Gasteiger partial charge in [-0.3, -0.25) is 10.1 Å². The molecule has 0 amide bonds. The molecule has 0 spiro atoms. The number of aliphatic hydroxyl groups is 1. The van der Waals surface area contributed by atoms with Gasteiger partial charge in [0.05, 0.1) is 22.1 Å². The average Bonchev–Trinajstić information content (AvgIpc) is 2.08. The van der Waals surface area contributed by atoms with E-state index in [0.717, 1.165) is 5.56 Å². The van der Waals surface area contributed by atoms with Crippen LogP contribution in [0.3, 0.4) is 0 Å². The smallest absolute Gasteiger partial charge is 0.276 e. The molecule has 0 heterocycles. The van der Waals surface area contributed by atoms with Gasteiger partial charge in [-0.15, -0.1) is 0 Å². The molecule has 70 valence electrons. The van der Waals surface area contributed by atoms with Crippen molar-refractivity contribution in [1.29, 1.82) is 0 Å². The third-order valence-corrected chi connectivity index (χ3v) is 2.13. The van der Waals surface area contributed by atoms with E-state index < -0.39 is 4.92 Å². The first-order valence-electron chi connectivity index (χ1n) is 3.60. The SMILES string of the molecule is Cc1cc(CO)c([N+](=O)[O-])cc1Cl. The van der Waals surface area contributed by atoms with Gasteiger partial charge < -0.3 is 5.11 Å². The van der Waals surface area contributed by atoms with Crippen molar-refractivity contribution in [3.8, 4) is 0 Å². The van der Waals surface area contributed by atoms with Crippen LogP contribution >= 0.6 is 11.6 Å². The first kappa shape index (κ1) is 9.95. The molecule has 0 aliphatic heterocycles. The van der Waals surface area contributed by atoms with Gasteiger partial charge in [-0.05, 0) is 18.6 Å². The van der Waals surface area contributed by atoms with Crippen LogP contribution in [0, 0.1) is 17.0 Å². The van der Waals surface area contributed by atoms with Crippen molar-refractivity contribution >= 4 is 17.3 Å². The minimum absolute atomic E-state index is 0.141. The Labute approximate surface area is 79.9 Å². The molecule has 1 N–H and O–H groups in total. The molecule has 0 aliphatic carbocycles. The molecule has 1 aromatic carbocycles. The molecule has 1 rings (SSSR count). The van der Waals surface area contributed by atoms with E-state index in [9.17, 15) is 10.1 Å². The predicted molar refractivity (Wildman–Crippen MR) is 48.8 cm³/mol. The lowest BCUT2D eigenvalue weighted by molar-refractivity contribution is -0.385. The number of hydrogen-bond donors (Lipinski definition) is 1. The molecule has 0 fully saturated rings. The third kappa shape index (κ3) is 1.96. The standard InChI is InChI=1S/C8H8ClNO3/c1-5-2-6(4-11)8(10(12)13)3-7(5)9/h2-3,11H,4H2,1H3. The van der Waals surface area contributed by atoms with E-state index >= 15 is 0 Å². The maximum absolute atomic E-state index is 10.5. The van der Waals surface area contributed by atoms with Crippen LogP contribution in [0.25, 0.3) is 0 Å². The van der Waals surface area contributed by atoms with Crippen molar-refractivity contribution in [3.63, 3.8) is 0 Å². The lowest BCUT2D eigenvalue weighted by atomic mass is 10.1. The van der Waals surface area contributed by atoms with E-state index in [2.05, 4.69) is 0 Å². The molecule has 0 saturated carbocycles. The maximum Gasteiger partial charge on any atom is 0.276 e. The molecular formula is C8H8ClNO3. The van der Waals surface area contributed by atoms with Gasteiger partial charge in [-0.2, -0.15) is 0 Å². The number of nitro benzene ring substituents is 1. The summed E-state index contributed by atoms with van der Waals surface area (Å²) in [6.45, 7) is 1.37. The first-order chi connectivity index (χ1) is 6.06. The second-order valence-corrected chi connectivity index (χ2v) is 3.05. The van der Waals surface area contributed by atoms with Crippen molar-refractivity contribution < 1.29 is 10.0 Å². The summed E-state index contributed by atoms with van der Waals surface area (Å²) in [4.78, 5) is 9.92. The average molecular weight is 202 g/mol. The fourth-order valence-corrected chi connectivity index (χ4v) is 1.19. The molecule has 5 heteroatoms. The quantitative estimate of drug-likeness (QED) is 0.588. The monoisotopic (exact) mass is 201 g/mol. The highest BCUT2D eigenvalue weighted by Crippen LogP contribution is 2.26. The summed E-state index contributed by atoms with van der Waals surface area (Å²) in [5.74, 6) is 0. The van der Waals surface area contributed by atoms with Gasteiger partial charge in [0.2, 0.25) is 0 Å². The molecule has 0 aromatic heterocycles. The summed E-state index contributed by atoms with van der Waals surface area (Å²) >= 11 is 5.70. The Hall–Kier alpha value is -1.13. The number of rotatable bonds is 2. The van der Waals surface area contributed by atoms with Gasteiger partial charge in [0.15, 0.2) is 0 Å². The minimum Gasteiger partial charge on any atom is -0.391 e. The summed E-state index contributed by atoms with van der Waals surface area (Å²) < 4.78 is 0. The predicted octanol–water partition coefficient (Wildman–Crippen LogP) is 2.05. The molecule has 13 heavy (non-hydrogen) atoms. The third-order valence-electron chi connectivity index (χ3n) is 1.73. The molecule has 0 radical (unpaired) electrons. The van der Waals surface area contributed by atoms with E-state index in [4.69, 9.17) is 16.7 Å². The Kier molecular flexibility index (Phi) is 2.85. The zero-order chi connectivity index (χ0) is 10.0. The van der Waals surface area contributed by atoms with Gasteiger partial charge in [-0.1, -0.05) is 11.6 Å². The van der Waals surface area contributed by atoms with Gasteiger partial charge in [0, 0.05) is 6.07 Å². The Morgan fingerprint density at radius 1 is 1.62 bits per heavy atom. The van der Waals surface area contributed by atoms with Gasteiger partial charge in [-0.25, -0.2) is 0 Å². The number of nitro groups is 1. The maximum atomic E-state index is 10.5. The van der Waals surface area contributed by atoms with Crippen LogP contribution in [0.5, 0.6) is 0 Å². The van der Waals surface area contributed by atoms with E-state index in [0.29, 0.717) is 5.02 Å². The largest absolute Gasteiger partial charge is 0.391 e. The summed E-state index contributed by atoms with van der Waals surface area (Å²) in [7, 11) is 0. The molecule has 0 bridgehead atoms. The lowest BCUT2D eigenvalue weighted by Gasteiger charge is -2.02. The number of halogens is 1. The highest BCUT2D eigenvalue weighted by Gasteiger charge is 2.14. The molecule has 0 atom stereocenters. The molecule has 0 unspecified atom stereocenters. The topological polar surface area (TPSA) is 63.4 Å². The number of aryl methyl sites for hydroxylation is 1. The van der Waals surface area contributed by atoms with E-state index in [-0.39, 0.29) is 17.9 Å². The van der Waals surface area contributed by atoms with Crippen molar-refractivity contribution in [2.24, 2.45) is 0 Å². The Morgan fingerprint density at radius 2 is 2.23 bits per heavy atom. The number of nitrogens with zero attached hydrogens (tertiary/aromatic N) is 1. The van der Waals surface area contributed by atoms with Crippen LogP contribution in [0.15, 0.2) is 12.1 Å². The first-order valence-corrected chi connectivity index (χ1v) is 3.98. The molecule has 1 aromatic rings. The second kappa shape index (κ2) is 3.72. The van der Waals surface area contributed by atoms with Crippen LogP contribution in [-0.2, 0) is 6.61 Å². The van der Waals surface area contributed by atoms with Crippen LogP contribution in [0.4, 0.5) is 5.69 Å². The Morgan fingerprint density at radius 3 is 2.69 bits per heavy atom. The fourth-order valence-electron chi connectivity index (χ4n) is 1.03. The van der Waals surface area contributed by atoms with Crippen molar-refractivity contribution in [2.75, 3.05) is 0 Å². The molecular weight excluding hydrogens is 194 g/mol. The number of benzene rings is 1. The zero-order valence-corrected chi connectivity index (χ0v) is 7.71. The normalized spacial score (nSPS) is 10.1. The second-order valence-electron chi connectivity index (χ2n) is 2.65. The summed E-state index contributed by atoms with van der Waals surface area (Å²) in [5.41, 5.74) is 0.862. The van der Waals surface area contributed by atoms with Gasteiger partial charge in [0.1, 0.15) is 0 Å². The highest BCUT2D eigenvalue weighted by molar-refractivity contribution is 6.31. The lowest BCUT2D eigenvalue weighted by Crippen LogP contribution is -1.96.